The van der Waals surface area contributed by atoms with Gasteiger partial charge in [0.25, 0.3) is 5.91 Å². The second kappa shape index (κ2) is 11.3. The molecule has 0 aliphatic carbocycles. The Hall–Kier alpha value is -3.15. The number of ether oxygens (including phenoxy) is 1. The van der Waals surface area contributed by atoms with E-state index in [1.165, 1.54) is 40.7 Å². The minimum atomic E-state index is -4.79. The summed E-state index contributed by atoms with van der Waals surface area (Å²) in [7, 11) is 0. The molecule has 2 aromatic heterocycles. The lowest BCUT2D eigenvalue weighted by Crippen LogP contribution is -2.26. The van der Waals surface area contributed by atoms with Crippen molar-refractivity contribution in [2.45, 2.75) is 57.3 Å². The zero-order chi connectivity index (χ0) is 24.7. The molecular weight excluding hydrogens is 469 g/mol. The van der Waals surface area contributed by atoms with Crippen LogP contribution in [0.15, 0.2) is 35.5 Å². The highest BCUT2D eigenvalue weighted by molar-refractivity contribution is 7.98. The smallest absolute Gasteiger partial charge is 0.406 e. The summed E-state index contributed by atoms with van der Waals surface area (Å²) in [5.74, 6) is -0.449. The van der Waals surface area contributed by atoms with Gasteiger partial charge in [-0.1, -0.05) is 36.7 Å². The van der Waals surface area contributed by atoms with Gasteiger partial charge in [0, 0.05) is 23.7 Å². The quantitative estimate of drug-likeness (QED) is 0.246. The number of carbonyl (C=O) groups excluding carboxylic acids is 1. The first kappa shape index (κ1) is 25.5. The van der Waals surface area contributed by atoms with E-state index >= 15 is 0 Å². The molecule has 0 saturated carbocycles. The third-order valence-corrected chi connectivity index (χ3v) is 5.52. The van der Waals surface area contributed by atoms with Gasteiger partial charge >= 0.3 is 6.36 Å². The second-order valence-electron chi connectivity index (χ2n) is 7.52. The largest absolute Gasteiger partial charge is 0.573 e. The predicted molar refractivity (Wildman–Crippen MR) is 121 cm³/mol. The highest BCUT2D eigenvalue weighted by Gasteiger charge is 2.31. The van der Waals surface area contributed by atoms with Crippen LogP contribution in [-0.2, 0) is 5.75 Å². The molecule has 1 N–H and O–H groups in total. The lowest BCUT2D eigenvalue weighted by Gasteiger charge is -2.11. The summed E-state index contributed by atoms with van der Waals surface area (Å²) in [6.07, 6.45) is -1.92. The van der Waals surface area contributed by atoms with Crippen molar-refractivity contribution in [1.29, 1.82) is 0 Å². The summed E-state index contributed by atoms with van der Waals surface area (Å²) in [4.78, 5) is 21.6. The number of hydrogen-bond donors (Lipinski definition) is 1. The molecule has 0 atom stereocenters. The summed E-state index contributed by atoms with van der Waals surface area (Å²) in [6, 6.07) is 7.05. The number of thioether (sulfide) groups is 1. The summed E-state index contributed by atoms with van der Waals surface area (Å²) in [5, 5.41) is 11.5. The van der Waals surface area contributed by atoms with Crippen molar-refractivity contribution in [2.75, 3.05) is 6.54 Å². The molecule has 3 rings (SSSR count). The molecular formula is C22H25F3N6O2S. The van der Waals surface area contributed by atoms with Gasteiger partial charge in [-0.15, -0.1) is 18.3 Å². The molecule has 8 nitrogen and oxygen atoms in total. The zero-order valence-electron chi connectivity index (χ0n) is 19.0. The molecule has 2 heterocycles. The number of aromatic nitrogens is 5. The van der Waals surface area contributed by atoms with E-state index in [1.54, 1.807) is 0 Å². The van der Waals surface area contributed by atoms with Crippen LogP contribution in [0.3, 0.4) is 0 Å². The second-order valence-corrected chi connectivity index (χ2v) is 8.47. The molecule has 12 heteroatoms. The molecule has 1 aromatic carbocycles. The maximum Gasteiger partial charge on any atom is 0.573 e. The molecule has 182 valence electrons. The van der Waals surface area contributed by atoms with Crippen molar-refractivity contribution in [1.82, 2.24) is 30.3 Å². The van der Waals surface area contributed by atoms with Crippen LogP contribution < -0.4 is 10.1 Å². The fraction of sp³-hybridized carbons (Fsp3) is 0.409. The molecule has 3 aromatic rings. The molecule has 1 amide bonds. The Morgan fingerprint density at radius 3 is 2.41 bits per heavy atom. The van der Waals surface area contributed by atoms with Gasteiger partial charge in [-0.25, -0.2) is 14.6 Å². The summed E-state index contributed by atoms with van der Waals surface area (Å²) < 4.78 is 42.8. The van der Waals surface area contributed by atoms with E-state index in [4.69, 9.17) is 0 Å². The number of unbranched alkanes of at least 4 members (excludes halogenated alkanes) is 2. The Kier molecular flexibility index (Phi) is 8.48. The Labute approximate surface area is 199 Å². The third kappa shape index (κ3) is 7.17. The number of benzene rings is 1. The van der Waals surface area contributed by atoms with Gasteiger partial charge in [0.1, 0.15) is 5.75 Å². The van der Waals surface area contributed by atoms with Gasteiger partial charge in [0.2, 0.25) is 0 Å². The monoisotopic (exact) mass is 494 g/mol. The Bertz CT molecular complexity index is 1100. The average molecular weight is 495 g/mol. The highest BCUT2D eigenvalue weighted by Crippen LogP contribution is 2.26. The SMILES string of the molecule is CCCCCNC(=O)c1nnn(-c2ccc(OC(F)(F)F)cc2)c1CSc1nc(C)cc(C)n1. The third-order valence-electron chi connectivity index (χ3n) is 4.66. The highest BCUT2D eigenvalue weighted by atomic mass is 32.2. The van der Waals surface area contributed by atoms with Crippen molar-refractivity contribution in [3.8, 4) is 11.4 Å². The molecule has 0 fully saturated rings. The summed E-state index contributed by atoms with van der Waals surface area (Å²) >= 11 is 1.31. The van der Waals surface area contributed by atoms with Crippen LogP contribution in [0, 0.1) is 13.8 Å². The van der Waals surface area contributed by atoms with Crippen LogP contribution in [0.1, 0.15) is 53.8 Å². The van der Waals surface area contributed by atoms with Gasteiger partial charge in [0.15, 0.2) is 10.9 Å². The fourth-order valence-corrected chi connectivity index (χ4v) is 4.10. The number of halogens is 3. The average Bonchev–Trinajstić information content (AvgIpc) is 3.18. The van der Waals surface area contributed by atoms with Gasteiger partial charge < -0.3 is 10.1 Å². The first-order chi connectivity index (χ1) is 16.2. The van der Waals surface area contributed by atoms with E-state index in [9.17, 15) is 18.0 Å². The maximum absolute atomic E-state index is 12.8. The maximum atomic E-state index is 12.8. The molecule has 0 aliphatic heterocycles. The van der Waals surface area contributed by atoms with Crippen molar-refractivity contribution < 1.29 is 22.7 Å². The predicted octanol–water partition coefficient (Wildman–Crippen LogP) is 4.79. The van der Waals surface area contributed by atoms with Crippen molar-refractivity contribution in [2.24, 2.45) is 0 Å². The van der Waals surface area contributed by atoms with Crippen LogP contribution in [0.25, 0.3) is 5.69 Å². The summed E-state index contributed by atoms with van der Waals surface area (Å²) in [5.41, 5.74) is 2.68. The Morgan fingerprint density at radius 1 is 1.12 bits per heavy atom. The molecule has 0 unspecified atom stereocenters. The van der Waals surface area contributed by atoms with Crippen molar-refractivity contribution >= 4 is 17.7 Å². The molecule has 34 heavy (non-hydrogen) atoms. The molecule has 0 bridgehead atoms. The van der Waals surface area contributed by atoms with Gasteiger partial charge in [-0.3, -0.25) is 4.79 Å². The summed E-state index contributed by atoms with van der Waals surface area (Å²) in [6.45, 7) is 6.31. The Balaban J connectivity index is 1.87. The van der Waals surface area contributed by atoms with Gasteiger partial charge in [-0.2, -0.15) is 0 Å². The van der Waals surface area contributed by atoms with Crippen LogP contribution in [0.5, 0.6) is 5.75 Å². The van der Waals surface area contributed by atoms with E-state index in [0.717, 1.165) is 30.7 Å². The van der Waals surface area contributed by atoms with E-state index in [1.807, 2.05) is 19.9 Å². The standard InChI is InChI=1S/C22H25F3N6O2S/c1-4-5-6-11-26-20(32)19-18(13-34-21-27-14(2)12-15(3)28-21)31(30-29-19)16-7-9-17(10-8-16)33-22(23,24)25/h7-10,12H,4-6,11,13H2,1-3H3,(H,26,32). The first-order valence-corrected chi connectivity index (χ1v) is 11.7. The zero-order valence-corrected chi connectivity index (χ0v) is 19.8. The molecule has 0 spiro atoms. The van der Waals surface area contributed by atoms with E-state index in [0.29, 0.717) is 23.1 Å². The number of alkyl halides is 3. The van der Waals surface area contributed by atoms with Crippen molar-refractivity contribution in [3.05, 3.63) is 53.1 Å². The number of aryl methyl sites for hydroxylation is 2. The van der Waals surface area contributed by atoms with E-state index in [2.05, 4.69) is 37.3 Å². The fourth-order valence-electron chi connectivity index (χ4n) is 3.16. The van der Waals surface area contributed by atoms with E-state index in [-0.39, 0.29) is 23.1 Å². The van der Waals surface area contributed by atoms with Gasteiger partial charge in [0.05, 0.1) is 11.4 Å². The first-order valence-electron chi connectivity index (χ1n) is 10.7. The van der Waals surface area contributed by atoms with Gasteiger partial charge in [-0.05, 0) is 50.6 Å². The van der Waals surface area contributed by atoms with Crippen LogP contribution in [-0.4, -0.2) is 43.8 Å². The number of carbonyl (C=O) groups is 1. The van der Waals surface area contributed by atoms with Crippen LogP contribution >= 0.6 is 11.8 Å². The van der Waals surface area contributed by atoms with Crippen molar-refractivity contribution in [3.63, 3.8) is 0 Å². The normalized spacial score (nSPS) is 11.5. The van der Waals surface area contributed by atoms with Crippen LogP contribution in [0.4, 0.5) is 13.2 Å². The molecule has 0 saturated heterocycles. The number of amides is 1. The van der Waals surface area contributed by atoms with Crippen LogP contribution in [0.2, 0.25) is 0 Å². The molecule has 0 aliphatic rings. The number of rotatable bonds is 10. The minimum Gasteiger partial charge on any atom is -0.406 e. The topological polar surface area (TPSA) is 94.8 Å². The minimum absolute atomic E-state index is 0.143. The lowest BCUT2D eigenvalue weighted by atomic mass is 10.2. The Morgan fingerprint density at radius 2 is 1.79 bits per heavy atom. The van der Waals surface area contributed by atoms with E-state index < -0.39 is 6.36 Å². The molecule has 0 radical (unpaired) electrons. The lowest BCUT2D eigenvalue weighted by molar-refractivity contribution is -0.274. The number of hydrogen-bond acceptors (Lipinski definition) is 7. The number of nitrogens with zero attached hydrogens (tertiary/aromatic N) is 5. The number of nitrogens with one attached hydrogen (secondary N) is 1.